The highest BCUT2D eigenvalue weighted by Crippen LogP contribution is 2.27. The smallest absolute Gasteiger partial charge is 0.289 e. The fourth-order valence-corrected chi connectivity index (χ4v) is 3.17. The Kier molecular flexibility index (Phi) is 5.67. The number of aryl methyl sites for hydroxylation is 1. The number of rotatable bonds is 5. The molecule has 0 unspecified atom stereocenters. The number of nitro groups is 1. The number of carbonyl (C=O) groups is 1. The number of amides is 1. The van der Waals surface area contributed by atoms with Crippen LogP contribution < -0.4 is 5.32 Å². The van der Waals surface area contributed by atoms with Crippen molar-refractivity contribution in [2.45, 2.75) is 20.3 Å². The molecule has 0 atom stereocenters. The number of anilines is 1. The minimum atomic E-state index is -0.595. The molecule has 0 saturated heterocycles. The summed E-state index contributed by atoms with van der Waals surface area (Å²) in [6.45, 7) is 3.71. The zero-order valence-electron chi connectivity index (χ0n) is 15.1. The summed E-state index contributed by atoms with van der Waals surface area (Å²) in [7, 11) is 0. The minimum Gasteiger partial charge on any atom is -0.326 e. The van der Waals surface area contributed by atoms with Crippen LogP contribution >= 0.6 is 23.2 Å². The molecule has 0 spiro atoms. The van der Waals surface area contributed by atoms with Gasteiger partial charge in [0.2, 0.25) is 5.91 Å². The van der Waals surface area contributed by atoms with Gasteiger partial charge in [0, 0.05) is 28.0 Å². The summed E-state index contributed by atoms with van der Waals surface area (Å²) in [6.07, 6.45) is 0.0850. The van der Waals surface area contributed by atoms with E-state index >= 15 is 0 Å². The fraction of sp³-hybridized carbons (Fsp3) is 0.158. The van der Waals surface area contributed by atoms with Gasteiger partial charge >= 0.3 is 0 Å². The molecule has 9 heteroatoms. The molecule has 0 aliphatic rings. The molecule has 1 aromatic heterocycles. The van der Waals surface area contributed by atoms with Gasteiger partial charge < -0.3 is 5.32 Å². The predicted octanol–water partition coefficient (Wildman–Crippen LogP) is 4.89. The molecule has 1 N–H and O–H groups in total. The molecular weight excluding hydrogens is 403 g/mol. The highest BCUT2D eigenvalue weighted by molar-refractivity contribution is 6.32. The Hall–Kier alpha value is -2.90. The third kappa shape index (κ3) is 4.16. The summed E-state index contributed by atoms with van der Waals surface area (Å²) < 4.78 is 1.75. The van der Waals surface area contributed by atoms with Crippen molar-refractivity contribution in [3.05, 3.63) is 79.6 Å². The van der Waals surface area contributed by atoms with Gasteiger partial charge in [-0.25, -0.2) is 4.68 Å². The number of nitrogens with one attached hydrogen (secondary N) is 1. The van der Waals surface area contributed by atoms with Crippen molar-refractivity contribution in [1.82, 2.24) is 9.78 Å². The van der Waals surface area contributed by atoms with E-state index in [4.69, 9.17) is 23.2 Å². The van der Waals surface area contributed by atoms with Crippen LogP contribution in [0.25, 0.3) is 5.69 Å². The van der Waals surface area contributed by atoms with Crippen molar-refractivity contribution in [2.24, 2.45) is 0 Å². The summed E-state index contributed by atoms with van der Waals surface area (Å²) >= 11 is 11.7. The normalized spacial score (nSPS) is 10.7. The average molecular weight is 419 g/mol. The van der Waals surface area contributed by atoms with Crippen LogP contribution in [0.5, 0.6) is 0 Å². The number of halogens is 2. The van der Waals surface area contributed by atoms with Crippen molar-refractivity contribution in [3.8, 4) is 5.69 Å². The van der Waals surface area contributed by atoms with Gasteiger partial charge in [0.1, 0.15) is 5.02 Å². The number of hydrogen-bond donors (Lipinski definition) is 1. The quantitative estimate of drug-likeness (QED) is 0.471. The van der Waals surface area contributed by atoms with Gasteiger partial charge in [-0.1, -0.05) is 23.2 Å². The molecule has 0 aliphatic carbocycles. The average Bonchev–Trinajstić information content (AvgIpc) is 2.92. The maximum Gasteiger partial charge on any atom is 0.289 e. The number of nitrogens with zero attached hydrogens (tertiary/aromatic N) is 3. The van der Waals surface area contributed by atoms with Crippen LogP contribution in [-0.4, -0.2) is 20.6 Å². The van der Waals surface area contributed by atoms with Crippen molar-refractivity contribution in [1.29, 1.82) is 0 Å². The van der Waals surface area contributed by atoms with Crippen LogP contribution in [0.4, 0.5) is 11.4 Å². The van der Waals surface area contributed by atoms with Gasteiger partial charge in [-0.2, -0.15) is 5.10 Å². The molecule has 0 radical (unpaired) electrons. The Morgan fingerprint density at radius 3 is 2.50 bits per heavy atom. The van der Waals surface area contributed by atoms with Crippen molar-refractivity contribution < 1.29 is 9.72 Å². The van der Waals surface area contributed by atoms with E-state index in [0.717, 1.165) is 22.6 Å². The minimum absolute atomic E-state index is 0.0129. The first-order chi connectivity index (χ1) is 13.3. The van der Waals surface area contributed by atoms with Gasteiger partial charge in [-0.05, 0) is 50.2 Å². The van der Waals surface area contributed by atoms with Crippen LogP contribution in [0, 0.1) is 24.0 Å². The molecule has 7 nitrogen and oxygen atoms in total. The number of carbonyl (C=O) groups excluding carboxylic acids is 1. The van der Waals surface area contributed by atoms with Gasteiger partial charge in [0.25, 0.3) is 5.69 Å². The first-order valence-corrected chi connectivity index (χ1v) is 9.06. The van der Waals surface area contributed by atoms with Gasteiger partial charge in [0.05, 0.1) is 22.7 Å². The molecule has 1 amide bonds. The Balaban J connectivity index is 1.80. The van der Waals surface area contributed by atoms with Crippen molar-refractivity contribution >= 4 is 40.5 Å². The van der Waals surface area contributed by atoms with E-state index < -0.39 is 4.92 Å². The zero-order chi connectivity index (χ0) is 20.4. The second kappa shape index (κ2) is 8.00. The Labute approximate surface area is 171 Å². The summed E-state index contributed by atoms with van der Waals surface area (Å²) in [6, 6.07) is 11.4. The highest BCUT2D eigenvalue weighted by atomic mass is 35.5. The molecule has 28 heavy (non-hydrogen) atoms. The molecule has 3 rings (SSSR count). The standard InChI is InChI=1S/C19H16Cl2N4O3/c1-11-16(12(2)24(23-11)15-6-3-13(20)4-7-15)10-19(26)22-14-5-8-17(21)18(9-14)25(27)28/h3-9H,10H2,1-2H3,(H,22,26). The van der Waals surface area contributed by atoms with Crippen molar-refractivity contribution in [3.63, 3.8) is 0 Å². The van der Waals surface area contributed by atoms with Gasteiger partial charge in [0.15, 0.2) is 0 Å². The second-order valence-electron chi connectivity index (χ2n) is 6.19. The first kappa shape index (κ1) is 19.9. The Bertz CT molecular complexity index is 1060. The van der Waals surface area contributed by atoms with E-state index in [9.17, 15) is 14.9 Å². The highest BCUT2D eigenvalue weighted by Gasteiger charge is 2.18. The lowest BCUT2D eigenvalue weighted by molar-refractivity contribution is -0.384. The van der Waals surface area contributed by atoms with Crippen LogP contribution in [0.2, 0.25) is 10.0 Å². The maximum atomic E-state index is 12.5. The molecule has 0 aliphatic heterocycles. The second-order valence-corrected chi connectivity index (χ2v) is 7.03. The lowest BCUT2D eigenvalue weighted by atomic mass is 10.1. The van der Waals surface area contributed by atoms with E-state index in [1.54, 1.807) is 16.8 Å². The molecule has 0 saturated carbocycles. The van der Waals surface area contributed by atoms with E-state index in [1.807, 2.05) is 26.0 Å². The van der Waals surface area contributed by atoms with Crippen molar-refractivity contribution in [2.75, 3.05) is 5.32 Å². The molecule has 0 fully saturated rings. The third-order valence-corrected chi connectivity index (χ3v) is 4.85. The molecule has 0 bridgehead atoms. The van der Waals surface area contributed by atoms with E-state index in [-0.39, 0.29) is 23.0 Å². The van der Waals surface area contributed by atoms with Crippen LogP contribution in [-0.2, 0) is 11.2 Å². The van der Waals surface area contributed by atoms with E-state index in [2.05, 4.69) is 10.4 Å². The number of aromatic nitrogens is 2. The van der Waals surface area contributed by atoms with Gasteiger partial charge in [-0.3, -0.25) is 14.9 Å². The lowest BCUT2D eigenvalue weighted by Gasteiger charge is -2.07. The Morgan fingerprint density at radius 1 is 1.18 bits per heavy atom. The third-order valence-electron chi connectivity index (χ3n) is 4.28. The summed E-state index contributed by atoms with van der Waals surface area (Å²) in [5.74, 6) is -0.307. The number of hydrogen-bond acceptors (Lipinski definition) is 4. The zero-order valence-corrected chi connectivity index (χ0v) is 16.6. The summed E-state index contributed by atoms with van der Waals surface area (Å²) in [5.41, 5.74) is 3.23. The SMILES string of the molecule is Cc1nn(-c2ccc(Cl)cc2)c(C)c1CC(=O)Nc1ccc(Cl)c([N+](=O)[O-])c1. The summed E-state index contributed by atoms with van der Waals surface area (Å²) in [5, 5.41) is 18.8. The summed E-state index contributed by atoms with van der Waals surface area (Å²) in [4.78, 5) is 22.9. The Morgan fingerprint density at radius 2 is 1.86 bits per heavy atom. The van der Waals surface area contributed by atoms with E-state index in [1.165, 1.54) is 18.2 Å². The fourth-order valence-electron chi connectivity index (χ4n) is 2.86. The largest absolute Gasteiger partial charge is 0.326 e. The first-order valence-electron chi connectivity index (χ1n) is 8.31. The molecule has 1 heterocycles. The molecule has 3 aromatic rings. The van der Waals surface area contributed by atoms with Crippen LogP contribution in [0.1, 0.15) is 17.0 Å². The predicted molar refractivity (Wildman–Crippen MR) is 108 cm³/mol. The topological polar surface area (TPSA) is 90.1 Å². The van der Waals surface area contributed by atoms with Crippen LogP contribution in [0.15, 0.2) is 42.5 Å². The maximum absolute atomic E-state index is 12.5. The van der Waals surface area contributed by atoms with Crippen LogP contribution in [0.3, 0.4) is 0 Å². The molecule has 2 aromatic carbocycles. The molecular formula is C19H16Cl2N4O3. The van der Waals surface area contributed by atoms with Gasteiger partial charge in [-0.15, -0.1) is 0 Å². The lowest BCUT2D eigenvalue weighted by Crippen LogP contribution is -2.15. The molecule has 144 valence electrons. The monoisotopic (exact) mass is 418 g/mol. The number of nitro benzene ring substituents is 1. The number of benzene rings is 2. The van der Waals surface area contributed by atoms with E-state index in [0.29, 0.717) is 10.7 Å².